The summed E-state index contributed by atoms with van der Waals surface area (Å²) in [5.74, 6) is 0. The van der Waals surface area contributed by atoms with Crippen molar-refractivity contribution in [2.45, 2.75) is 19.3 Å². The molecule has 0 unspecified atom stereocenters. The van der Waals surface area contributed by atoms with Crippen molar-refractivity contribution in [1.29, 1.82) is 0 Å². The zero-order chi connectivity index (χ0) is 16.3. The lowest BCUT2D eigenvalue weighted by molar-refractivity contribution is 0.808. The molecule has 0 aliphatic heterocycles. The van der Waals surface area contributed by atoms with Gasteiger partial charge in [0, 0.05) is 4.11 Å². The Morgan fingerprint density at radius 3 is 2.20 bits per heavy atom. The molecule has 0 saturated carbocycles. The summed E-state index contributed by atoms with van der Waals surface area (Å²) in [6.45, 7) is -1.62. The summed E-state index contributed by atoms with van der Waals surface area (Å²) in [4.78, 5) is 0. The van der Waals surface area contributed by atoms with E-state index < -0.39 is 6.98 Å². The van der Waals surface area contributed by atoms with Gasteiger partial charge < -0.3 is 5.32 Å². The van der Waals surface area contributed by atoms with Gasteiger partial charge in [-0.15, -0.1) is 0 Å². The molecule has 0 bridgehead atoms. The molecule has 0 atom stereocenters. The van der Waals surface area contributed by atoms with Crippen molar-refractivity contribution in [2.24, 2.45) is 0 Å². The van der Waals surface area contributed by atoms with Gasteiger partial charge in [0.2, 0.25) is 0 Å². The minimum absolute atomic E-state index is 0.449. The predicted molar refractivity (Wildman–Crippen MR) is 85.9 cm³/mol. The Morgan fingerprint density at radius 2 is 1.60 bits per heavy atom. The summed E-state index contributed by atoms with van der Waals surface area (Å²) in [6.07, 6.45) is 4.94. The molecule has 20 heavy (non-hydrogen) atoms. The molecule has 1 aliphatic rings. The van der Waals surface area contributed by atoms with E-state index in [0.29, 0.717) is 13.0 Å². The highest BCUT2D eigenvalue weighted by Crippen LogP contribution is 2.33. The van der Waals surface area contributed by atoms with Crippen molar-refractivity contribution in [3.05, 3.63) is 76.9 Å². The van der Waals surface area contributed by atoms with Crippen LogP contribution < -0.4 is 5.32 Å². The van der Waals surface area contributed by atoms with Crippen LogP contribution in [0.15, 0.2) is 54.6 Å². The van der Waals surface area contributed by atoms with Gasteiger partial charge in [-0.05, 0) is 60.6 Å². The van der Waals surface area contributed by atoms with Gasteiger partial charge >= 0.3 is 0 Å². The summed E-state index contributed by atoms with van der Waals surface area (Å²) in [6, 6.07) is 17.0. The first-order chi connectivity index (χ1) is 11.0. The fourth-order valence-electron chi connectivity index (χ4n) is 2.93. The highest BCUT2D eigenvalue weighted by Gasteiger charge is 2.16. The fourth-order valence-corrected chi connectivity index (χ4v) is 2.93. The predicted octanol–water partition coefficient (Wildman–Crippen LogP) is 3.83. The van der Waals surface area contributed by atoms with E-state index in [2.05, 4.69) is 59.9 Å². The summed E-state index contributed by atoms with van der Waals surface area (Å²) >= 11 is 0. The molecule has 0 fully saturated rings. The third-order valence-corrected chi connectivity index (χ3v) is 3.90. The fraction of sp³-hybridized carbons (Fsp3) is 0.263. The van der Waals surface area contributed by atoms with Gasteiger partial charge in [-0.2, -0.15) is 0 Å². The van der Waals surface area contributed by atoms with Crippen LogP contribution >= 0.6 is 0 Å². The molecule has 1 heteroatoms. The van der Waals surface area contributed by atoms with Gasteiger partial charge in [-0.3, -0.25) is 0 Å². The molecule has 0 saturated heterocycles. The average molecular weight is 266 g/mol. The van der Waals surface area contributed by atoms with Gasteiger partial charge in [0.05, 0.1) is 0 Å². The first-order valence-electron chi connectivity index (χ1n) is 8.66. The number of hydrogen-bond donors (Lipinski definition) is 1. The van der Waals surface area contributed by atoms with Crippen LogP contribution in [0.25, 0.3) is 5.57 Å². The molecule has 0 amide bonds. The number of benzene rings is 2. The van der Waals surface area contributed by atoms with Crippen LogP contribution in [0, 0.1) is 0 Å². The minimum Gasteiger partial charge on any atom is -0.319 e. The van der Waals surface area contributed by atoms with Crippen molar-refractivity contribution in [3.8, 4) is 0 Å². The smallest absolute Gasteiger partial charge is 0.0391 e. The van der Waals surface area contributed by atoms with Crippen LogP contribution in [-0.2, 0) is 12.8 Å². The van der Waals surface area contributed by atoms with E-state index >= 15 is 0 Å². The molecule has 0 radical (unpaired) electrons. The molecule has 0 aromatic heterocycles. The summed E-state index contributed by atoms with van der Waals surface area (Å²) in [7, 11) is 0. The molecule has 0 heterocycles. The zero-order valence-corrected chi connectivity index (χ0v) is 11.5. The number of rotatable bonds is 3. The molecule has 1 nitrogen and oxygen atoms in total. The van der Waals surface area contributed by atoms with Crippen molar-refractivity contribution in [2.75, 3.05) is 13.5 Å². The maximum absolute atomic E-state index is 7.23. The first-order valence-corrected chi connectivity index (χ1v) is 7.16. The largest absolute Gasteiger partial charge is 0.319 e. The second-order valence-corrected chi connectivity index (χ2v) is 5.15. The first kappa shape index (κ1) is 9.95. The molecule has 2 aromatic carbocycles. The molecular formula is C19H21N. The lowest BCUT2D eigenvalue weighted by Gasteiger charge is -2.12. The number of aryl methyl sites for hydroxylation is 2. The van der Waals surface area contributed by atoms with Crippen molar-refractivity contribution >= 4 is 5.57 Å². The Morgan fingerprint density at radius 1 is 1.00 bits per heavy atom. The van der Waals surface area contributed by atoms with E-state index in [1.807, 2.05) is 0 Å². The Bertz CT molecular complexity index is 667. The summed E-state index contributed by atoms with van der Waals surface area (Å²) < 4.78 is 21.7. The summed E-state index contributed by atoms with van der Waals surface area (Å²) in [5, 5.41) is 2.58. The maximum atomic E-state index is 7.23. The van der Waals surface area contributed by atoms with Gasteiger partial charge in [0.25, 0.3) is 0 Å². The van der Waals surface area contributed by atoms with E-state index in [-0.39, 0.29) is 0 Å². The molecule has 3 rings (SSSR count). The maximum Gasteiger partial charge on any atom is 0.0391 e. The van der Waals surface area contributed by atoms with Crippen LogP contribution in [0.4, 0.5) is 0 Å². The SMILES string of the molecule is [2H]C([2H])([2H])NCCC=C1c2ccccc2CCc2ccccc21. The molecule has 1 aliphatic carbocycles. The summed E-state index contributed by atoms with van der Waals surface area (Å²) in [5.41, 5.74) is 6.48. The Kier molecular flexibility index (Phi) is 3.02. The van der Waals surface area contributed by atoms with E-state index in [1.165, 1.54) is 27.8 Å². The van der Waals surface area contributed by atoms with E-state index in [0.717, 1.165) is 12.8 Å². The van der Waals surface area contributed by atoms with Crippen LogP contribution in [0.3, 0.4) is 0 Å². The van der Waals surface area contributed by atoms with Crippen molar-refractivity contribution in [1.82, 2.24) is 5.32 Å². The van der Waals surface area contributed by atoms with Crippen molar-refractivity contribution in [3.63, 3.8) is 0 Å². The van der Waals surface area contributed by atoms with Gasteiger partial charge in [-0.1, -0.05) is 54.6 Å². The monoisotopic (exact) mass is 266 g/mol. The topological polar surface area (TPSA) is 12.0 Å². The number of fused-ring (bicyclic) bond motifs is 2. The second kappa shape index (κ2) is 6.06. The molecule has 0 spiro atoms. The molecule has 1 N–H and O–H groups in total. The average Bonchev–Trinajstić information content (AvgIpc) is 2.68. The Labute approximate surface area is 125 Å². The Hall–Kier alpha value is -1.86. The van der Waals surface area contributed by atoms with Crippen molar-refractivity contribution < 1.29 is 4.11 Å². The normalized spacial score (nSPS) is 16.2. The number of hydrogen-bond acceptors (Lipinski definition) is 1. The van der Waals surface area contributed by atoms with Crippen LogP contribution in [-0.4, -0.2) is 13.5 Å². The molecular weight excluding hydrogens is 242 g/mol. The van der Waals surface area contributed by atoms with E-state index in [1.54, 1.807) is 0 Å². The zero-order valence-electron chi connectivity index (χ0n) is 14.5. The Balaban J connectivity index is 1.94. The minimum atomic E-state index is -2.07. The van der Waals surface area contributed by atoms with Crippen LogP contribution in [0.2, 0.25) is 0 Å². The van der Waals surface area contributed by atoms with Crippen LogP contribution in [0.1, 0.15) is 32.8 Å². The van der Waals surface area contributed by atoms with E-state index in [9.17, 15) is 0 Å². The van der Waals surface area contributed by atoms with Gasteiger partial charge in [0.1, 0.15) is 0 Å². The lowest BCUT2D eigenvalue weighted by Crippen LogP contribution is -2.06. The second-order valence-electron chi connectivity index (χ2n) is 5.15. The third-order valence-electron chi connectivity index (χ3n) is 3.90. The molecule has 102 valence electrons. The third kappa shape index (κ3) is 2.54. The number of nitrogens with one attached hydrogen (secondary N) is 1. The van der Waals surface area contributed by atoms with E-state index in [4.69, 9.17) is 4.11 Å². The van der Waals surface area contributed by atoms with Crippen LogP contribution in [0.5, 0.6) is 0 Å². The highest BCUT2D eigenvalue weighted by molar-refractivity contribution is 5.83. The highest BCUT2D eigenvalue weighted by atomic mass is 14.8. The van der Waals surface area contributed by atoms with Gasteiger partial charge in [-0.25, -0.2) is 0 Å². The lowest BCUT2D eigenvalue weighted by atomic mass is 9.93. The standard InChI is InChI=1S/C19H21N/c1-20-14-6-11-19-17-9-4-2-7-15(17)12-13-16-8-3-5-10-18(16)19/h2-5,7-11,20H,6,12-14H2,1H3/i1D3. The quantitative estimate of drug-likeness (QED) is 0.833. The molecule has 2 aromatic rings. The van der Waals surface area contributed by atoms with Gasteiger partial charge in [0.15, 0.2) is 0 Å².